The van der Waals surface area contributed by atoms with Gasteiger partial charge in [-0.2, -0.15) is 0 Å². The largest absolute Gasteiger partial charge is 0.370 e. The maximum Gasteiger partial charge on any atom is 0.226 e. The number of hydrogen-bond donors (Lipinski definition) is 0. The molecule has 25 heavy (non-hydrogen) atoms. The standard InChI is InChI=1S/C21H26FNO2/c22-18-3-1-15(2-4-18)19-12-23(5-6-25-19)21(24)20-16-8-13-7-14(10-16)11-17(20)9-13/h1-4,13-14,16-17,19-20H,5-12H2. The van der Waals surface area contributed by atoms with Crippen molar-refractivity contribution in [2.45, 2.75) is 38.2 Å². The van der Waals surface area contributed by atoms with E-state index in [2.05, 4.69) is 0 Å². The molecule has 1 atom stereocenters. The minimum atomic E-state index is -0.235. The second-order valence-electron chi connectivity index (χ2n) is 8.65. The molecule has 1 aromatic carbocycles. The summed E-state index contributed by atoms with van der Waals surface area (Å²) in [5.74, 6) is 3.41. The lowest BCUT2D eigenvalue weighted by Gasteiger charge is -2.54. The predicted molar refractivity (Wildman–Crippen MR) is 92.2 cm³/mol. The van der Waals surface area contributed by atoms with Gasteiger partial charge < -0.3 is 9.64 Å². The highest BCUT2D eigenvalue weighted by atomic mass is 19.1. The van der Waals surface area contributed by atoms with Crippen molar-refractivity contribution in [3.8, 4) is 0 Å². The van der Waals surface area contributed by atoms with E-state index in [0.29, 0.717) is 37.4 Å². The molecular weight excluding hydrogens is 317 g/mol. The molecule has 4 heteroatoms. The van der Waals surface area contributed by atoms with Gasteiger partial charge in [-0.1, -0.05) is 12.1 Å². The van der Waals surface area contributed by atoms with Crippen LogP contribution < -0.4 is 0 Å². The van der Waals surface area contributed by atoms with Gasteiger partial charge >= 0.3 is 0 Å². The number of amides is 1. The molecule has 4 saturated carbocycles. The monoisotopic (exact) mass is 343 g/mol. The lowest BCUT2D eigenvalue weighted by Crippen LogP contribution is -2.54. The number of ether oxygens (including phenoxy) is 1. The maximum atomic E-state index is 13.3. The van der Waals surface area contributed by atoms with Crippen LogP contribution in [-0.2, 0) is 9.53 Å². The molecule has 3 nitrogen and oxygen atoms in total. The number of halogens is 1. The second-order valence-corrected chi connectivity index (χ2v) is 8.65. The third-order valence-corrected chi connectivity index (χ3v) is 7.13. The van der Waals surface area contributed by atoms with E-state index in [1.807, 2.05) is 4.90 Å². The van der Waals surface area contributed by atoms with Crippen LogP contribution in [0.1, 0.15) is 43.8 Å². The molecule has 1 saturated heterocycles. The van der Waals surface area contributed by atoms with Crippen molar-refractivity contribution in [3.63, 3.8) is 0 Å². The molecule has 5 aliphatic rings. The first-order valence-electron chi connectivity index (χ1n) is 9.83. The number of carbonyl (C=O) groups is 1. The fourth-order valence-corrected chi connectivity index (χ4v) is 6.27. The van der Waals surface area contributed by atoms with E-state index in [-0.39, 0.29) is 17.8 Å². The minimum absolute atomic E-state index is 0.130. The summed E-state index contributed by atoms with van der Waals surface area (Å²) in [4.78, 5) is 15.4. The highest BCUT2D eigenvalue weighted by Gasteiger charge is 2.51. The highest BCUT2D eigenvalue weighted by Crippen LogP contribution is 2.57. The normalized spacial score (nSPS) is 39.6. The van der Waals surface area contributed by atoms with Crippen molar-refractivity contribution in [1.82, 2.24) is 4.90 Å². The number of morpholine rings is 1. The summed E-state index contributed by atoms with van der Waals surface area (Å²) in [6.45, 7) is 1.87. The topological polar surface area (TPSA) is 29.5 Å². The van der Waals surface area contributed by atoms with Crippen LogP contribution in [0.15, 0.2) is 24.3 Å². The Hall–Kier alpha value is -1.42. The van der Waals surface area contributed by atoms with E-state index >= 15 is 0 Å². The van der Waals surface area contributed by atoms with E-state index in [1.54, 1.807) is 12.1 Å². The predicted octanol–water partition coefficient (Wildman–Crippen LogP) is 3.80. The summed E-state index contributed by atoms with van der Waals surface area (Å²) in [5.41, 5.74) is 0.962. The Labute approximate surface area is 148 Å². The molecule has 1 heterocycles. The summed E-state index contributed by atoms with van der Waals surface area (Å²) in [6.07, 6.45) is 6.38. The zero-order valence-electron chi connectivity index (χ0n) is 14.6. The Morgan fingerprint density at radius 2 is 1.64 bits per heavy atom. The van der Waals surface area contributed by atoms with E-state index in [9.17, 15) is 9.18 Å². The fraction of sp³-hybridized carbons (Fsp3) is 0.667. The summed E-state index contributed by atoms with van der Waals surface area (Å²) >= 11 is 0. The van der Waals surface area contributed by atoms with Gasteiger partial charge in [-0.25, -0.2) is 4.39 Å². The van der Waals surface area contributed by atoms with Crippen molar-refractivity contribution >= 4 is 5.91 Å². The first kappa shape index (κ1) is 15.8. The van der Waals surface area contributed by atoms with E-state index < -0.39 is 0 Å². The zero-order chi connectivity index (χ0) is 17.0. The van der Waals surface area contributed by atoms with Crippen LogP contribution in [0.25, 0.3) is 0 Å². The summed E-state index contributed by atoms with van der Waals surface area (Å²) in [6, 6.07) is 6.49. The Morgan fingerprint density at radius 3 is 2.28 bits per heavy atom. The van der Waals surface area contributed by atoms with Crippen LogP contribution in [-0.4, -0.2) is 30.5 Å². The highest BCUT2D eigenvalue weighted by molar-refractivity contribution is 5.80. The minimum Gasteiger partial charge on any atom is -0.370 e. The van der Waals surface area contributed by atoms with Crippen molar-refractivity contribution in [1.29, 1.82) is 0 Å². The third-order valence-electron chi connectivity index (χ3n) is 7.13. The van der Waals surface area contributed by atoms with Crippen LogP contribution in [0, 0.1) is 35.4 Å². The molecule has 4 aliphatic carbocycles. The molecule has 0 spiro atoms. The van der Waals surface area contributed by atoms with Crippen LogP contribution in [0.2, 0.25) is 0 Å². The average Bonchev–Trinajstić information content (AvgIpc) is 2.61. The van der Waals surface area contributed by atoms with Crippen molar-refractivity contribution in [3.05, 3.63) is 35.6 Å². The lowest BCUT2D eigenvalue weighted by molar-refractivity contribution is -0.156. The summed E-state index contributed by atoms with van der Waals surface area (Å²) in [5, 5.41) is 0. The Bertz CT molecular complexity index is 630. The summed E-state index contributed by atoms with van der Waals surface area (Å²) < 4.78 is 19.0. The van der Waals surface area contributed by atoms with Gasteiger partial charge in [0.15, 0.2) is 0 Å². The Morgan fingerprint density at radius 1 is 1.00 bits per heavy atom. The number of hydrogen-bond acceptors (Lipinski definition) is 2. The van der Waals surface area contributed by atoms with Crippen molar-refractivity contribution in [2.75, 3.05) is 19.7 Å². The molecule has 0 aromatic heterocycles. The Balaban J connectivity index is 1.31. The summed E-state index contributed by atoms with van der Waals surface area (Å²) in [7, 11) is 0. The molecule has 1 amide bonds. The van der Waals surface area contributed by atoms with Crippen molar-refractivity contribution in [2.24, 2.45) is 29.6 Å². The van der Waals surface area contributed by atoms with Gasteiger partial charge in [-0.3, -0.25) is 4.79 Å². The van der Waals surface area contributed by atoms with Gasteiger partial charge in [0.25, 0.3) is 0 Å². The zero-order valence-corrected chi connectivity index (χ0v) is 14.6. The molecule has 1 unspecified atom stereocenters. The number of benzene rings is 1. The van der Waals surface area contributed by atoms with Gasteiger partial charge in [0, 0.05) is 12.5 Å². The third kappa shape index (κ3) is 2.79. The molecule has 5 fully saturated rings. The van der Waals surface area contributed by atoms with Crippen LogP contribution in [0.4, 0.5) is 4.39 Å². The van der Waals surface area contributed by atoms with E-state index in [1.165, 1.54) is 44.2 Å². The van der Waals surface area contributed by atoms with E-state index in [4.69, 9.17) is 4.74 Å². The number of nitrogens with zero attached hydrogens (tertiary/aromatic N) is 1. The van der Waals surface area contributed by atoms with Gasteiger partial charge in [0.05, 0.1) is 13.2 Å². The Kier molecular flexibility index (Phi) is 3.85. The molecule has 1 aliphatic heterocycles. The quantitative estimate of drug-likeness (QED) is 0.817. The SMILES string of the molecule is O=C(C1C2CC3CC(C2)CC1C3)N1CCOC(c2ccc(F)cc2)C1. The smallest absolute Gasteiger partial charge is 0.226 e. The van der Waals surface area contributed by atoms with Crippen LogP contribution >= 0.6 is 0 Å². The molecule has 134 valence electrons. The number of carbonyl (C=O) groups excluding carboxylic acids is 1. The molecule has 1 aromatic rings. The molecular formula is C21H26FNO2. The van der Waals surface area contributed by atoms with Crippen molar-refractivity contribution < 1.29 is 13.9 Å². The molecule has 0 N–H and O–H groups in total. The molecule has 6 rings (SSSR count). The second kappa shape index (κ2) is 6.08. The van der Waals surface area contributed by atoms with Gasteiger partial charge in [-0.15, -0.1) is 0 Å². The van der Waals surface area contributed by atoms with Gasteiger partial charge in [-0.05, 0) is 73.5 Å². The first-order chi connectivity index (χ1) is 12.2. The average molecular weight is 343 g/mol. The first-order valence-corrected chi connectivity index (χ1v) is 9.83. The fourth-order valence-electron chi connectivity index (χ4n) is 6.27. The lowest BCUT2D eigenvalue weighted by atomic mass is 9.51. The van der Waals surface area contributed by atoms with Crippen LogP contribution in [0.3, 0.4) is 0 Å². The molecule has 4 bridgehead atoms. The van der Waals surface area contributed by atoms with Crippen LogP contribution in [0.5, 0.6) is 0 Å². The maximum absolute atomic E-state index is 13.3. The molecule has 0 radical (unpaired) electrons. The number of rotatable bonds is 2. The van der Waals surface area contributed by atoms with Gasteiger partial charge in [0.2, 0.25) is 5.91 Å². The van der Waals surface area contributed by atoms with Gasteiger partial charge in [0.1, 0.15) is 11.9 Å². The van der Waals surface area contributed by atoms with E-state index in [0.717, 1.165) is 17.4 Å².